The van der Waals surface area contributed by atoms with E-state index in [-0.39, 0.29) is 0 Å². The van der Waals surface area contributed by atoms with Gasteiger partial charge in [-0.25, -0.2) is 4.79 Å². The predicted molar refractivity (Wildman–Crippen MR) is 73.6 cm³/mol. The zero-order valence-corrected chi connectivity index (χ0v) is 11.5. The number of carboxylic acids is 1. The average Bonchev–Trinajstić information content (AvgIpc) is 2.28. The van der Waals surface area contributed by atoms with Crippen molar-refractivity contribution in [2.75, 3.05) is 18.0 Å². The minimum atomic E-state index is -0.896. The van der Waals surface area contributed by atoms with Gasteiger partial charge in [0.15, 0.2) is 0 Å². The number of hydrogen-bond donors (Lipinski definition) is 1. The van der Waals surface area contributed by atoms with E-state index in [1.54, 1.807) is 18.2 Å². The van der Waals surface area contributed by atoms with Crippen molar-refractivity contribution in [3.8, 4) is 0 Å². The molecule has 3 nitrogen and oxygen atoms in total. The van der Waals surface area contributed by atoms with E-state index in [1.807, 2.05) is 0 Å². The summed E-state index contributed by atoms with van der Waals surface area (Å²) < 4.78 is 0. The summed E-state index contributed by atoms with van der Waals surface area (Å²) in [4.78, 5) is 13.3. The van der Waals surface area contributed by atoms with E-state index in [9.17, 15) is 9.90 Å². The van der Waals surface area contributed by atoms with Crippen LogP contribution in [0.15, 0.2) is 18.2 Å². The fraction of sp³-hybridized carbons (Fsp3) is 0.500. The topological polar surface area (TPSA) is 40.5 Å². The number of carbonyl (C=O) groups is 1. The van der Waals surface area contributed by atoms with Crippen molar-refractivity contribution in [1.29, 1.82) is 0 Å². The van der Waals surface area contributed by atoms with Gasteiger partial charge in [-0.05, 0) is 31.0 Å². The van der Waals surface area contributed by atoms with Crippen molar-refractivity contribution in [3.63, 3.8) is 0 Å². The Morgan fingerprint density at radius 3 is 2.50 bits per heavy atom. The lowest BCUT2D eigenvalue weighted by atomic mass is 9.75. The molecule has 0 radical (unpaired) electrons. The average molecular weight is 268 g/mol. The summed E-state index contributed by atoms with van der Waals surface area (Å²) in [5.41, 5.74) is 1.42. The van der Waals surface area contributed by atoms with Gasteiger partial charge in [0.05, 0.1) is 11.3 Å². The van der Waals surface area contributed by atoms with Crippen molar-refractivity contribution in [2.24, 2.45) is 5.41 Å². The number of halogens is 1. The zero-order chi connectivity index (χ0) is 13.3. The van der Waals surface area contributed by atoms with Gasteiger partial charge in [-0.3, -0.25) is 0 Å². The van der Waals surface area contributed by atoms with Crippen molar-refractivity contribution in [1.82, 2.24) is 0 Å². The van der Waals surface area contributed by atoms with Crippen LogP contribution in [0.5, 0.6) is 0 Å². The number of hydrogen-bond acceptors (Lipinski definition) is 2. The van der Waals surface area contributed by atoms with Crippen LogP contribution in [0.2, 0.25) is 5.02 Å². The van der Waals surface area contributed by atoms with Crippen LogP contribution in [-0.4, -0.2) is 24.2 Å². The Morgan fingerprint density at radius 2 is 2.00 bits per heavy atom. The van der Waals surface area contributed by atoms with Crippen molar-refractivity contribution in [2.45, 2.75) is 26.7 Å². The fourth-order valence-corrected chi connectivity index (χ4v) is 2.74. The maximum Gasteiger partial charge on any atom is 0.337 e. The summed E-state index contributed by atoms with van der Waals surface area (Å²) in [5, 5.41) is 9.78. The minimum absolute atomic E-state index is 0.334. The van der Waals surface area contributed by atoms with Crippen LogP contribution in [0, 0.1) is 5.41 Å². The molecule has 18 heavy (non-hydrogen) atoms. The van der Waals surface area contributed by atoms with Gasteiger partial charge in [0.2, 0.25) is 0 Å². The fourth-order valence-electron chi connectivity index (χ4n) is 2.58. The van der Waals surface area contributed by atoms with E-state index >= 15 is 0 Å². The first-order valence-corrected chi connectivity index (χ1v) is 6.67. The first-order chi connectivity index (χ1) is 8.51. The standard InChI is InChI=1S/C14H18ClNO2/c1-3-14(4-2)8-16(9-14)12-7-10(15)5-6-11(12)13(17)18/h5-7H,3-4,8-9H2,1-2H3,(H,17,18). The molecule has 1 aromatic carbocycles. The lowest BCUT2D eigenvalue weighted by Gasteiger charge is -2.51. The highest BCUT2D eigenvalue weighted by atomic mass is 35.5. The summed E-state index contributed by atoms with van der Waals surface area (Å²) in [5.74, 6) is -0.896. The van der Waals surface area contributed by atoms with E-state index in [4.69, 9.17) is 11.6 Å². The van der Waals surface area contributed by atoms with Gasteiger partial charge in [-0.1, -0.05) is 25.4 Å². The molecule has 0 atom stereocenters. The Labute approximate surface area is 112 Å². The third kappa shape index (κ3) is 2.19. The monoisotopic (exact) mass is 267 g/mol. The second kappa shape index (κ2) is 4.81. The van der Waals surface area contributed by atoms with Gasteiger partial charge in [-0.2, -0.15) is 0 Å². The van der Waals surface area contributed by atoms with E-state index < -0.39 is 5.97 Å². The van der Waals surface area contributed by atoms with Crippen LogP contribution >= 0.6 is 11.6 Å². The number of aromatic carboxylic acids is 1. The Morgan fingerprint density at radius 1 is 1.39 bits per heavy atom. The Bertz CT molecular complexity index is 461. The van der Waals surface area contributed by atoms with E-state index in [1.165, 1.54) is 0 Å². The molecule has 1 N–H and O–H groups in total. The molecule has 0 aliphatic carbocycles. The molecule has 1 aromatic rings. The minimum Gasteiger partial charge on any atom is -0.478 e. The number of nitrogens with zero attached hydrogens (tertiary/aromatic N) is 1. The van der Waals surface area contributed by atoms with Crippen LogP contribution in [0.25, 0.3) is 0 Å². The number of benzene rings is 1. The summed E-state index contributed by atoms with van der Waals surface area (Å²) in [6.45, 7) is 6.22. The molecule has 2 rings (SSSR count). The van der Waals surface area contributed by atoms with Crippen molar-refractivity contribution in [3.05, 3.63) is 28.8 Å². The lowest BCUT2D eigenvalue weighted by molar-refractivity contribution is 0.0696. The molecule has 1 aliphatic rings. The van der Waals surface area contributed by atoms with Gasteiger partial charge in [-0.15, -0.1) is 0 Å². The molecule has 0 saturated carbocycles. The summed E-state index contributed by atoms with van der Waals surface area (Å²) in [7, 11) is 0. The van der Waals surface area contributed by atoms with Crippen LogP contribution in [0.1, 0.15) is 37.0 Å². The second-order valence-corrected chi connectivity index (χ2v) is 5.47. The maximum atomic E-state index is 11.2. The quantitative estimate of drug-likeness (QED) is 0.905. The van der Waals surface area contributed by atoms with E-state index in [2.05, 4.69) is 18.7 Å². The summed E-state index contributed by atoms with van der Waals surface area (Å²) in [6, 6.07) is 4.96. The maximum absolute atomic E-state index is 11.2. The first kappa shape index (κ1) is 13.2. The highest BCUT2D eigenvalue weighted by molar-refractivity contribution is 6.31. The van der Waals surface area contributed by atoms with Gasteiger partial charge >= 0.3 is 5.97 Å². The third-order valence-electron chi connectivity index (χ3n) is 4.08. The number of carboxylic acid groups (broad SMARTS) is 1. The highest BCUT2D eigenvalue weighted by Crippen LogP contribution is 2.41. The molecular weight excluding hydrogens is 250 g/mol. The third-order valence-corrected chi connectivity index (χ3v) is 4.32. The summed E-state index contributed by atoms with van der Waals surface area (Å²) in [6.07, 6.45) is 2.26. The van der Waals surface area contributed by atoms with E-state index in [0.717, 1.165) is 31.6 Å². The van der Waals surface area contributed by atoms with Crippen molar-refractivity contribution >= 4 is 23.3 Å². The van der Waals surface area contributed by atoms with Gasteiger partial charge < -0.3 is 10.0 Å². The second-order valence-electron chi connectivity index (χ2n) is 5.03. The molecule has 1 aliphatic heterocycles. The number of anilines is 1. The van der Waals surface area contributed by atoms with E-state index in [0.29, 0.717) is 16.0 Å². The van der Waals surface area contributed by atoms with Crippen molar-refractivity contribution < 1.29 is 9.90 Å². The molecule has 1 saturated heterocycles. The SMILES string of the molecule is CCC1(CC)CN(c2cc(Cl)ccc2C(=O)O)C1. The smallest absolute Gasteiger partial charge is 0.337 e. The van der Waals surface area contributed by atoms with Gasteiger partial charge in [0, 0.05) is 23.5 Å². The molecule has 0 bridgehead atoms. The Kier molecular flexibility index (Phi) is 3.53. The molecule has 1 heterocycles. The van der Waals surface area contributed by atoms with Gasteiger partial charge in [0.1, 0.15) is 0 Å². The van der Waals surface area contributed by atoms with Crippen LogP contribution < -0.4 is 4.90 Å². The largest absolute Gasteiger partial charge is 0.478 e. The molecule has 0 amide bonds. The van der Waals surface area contributed by atoms with Crippen LogP contribution in [0.3, 0.4) is 0 Å². The molecule has 0 spiro atoms. The Balaban J connectivity index is 2.25. The normalized spacial score (nSPS) is 17.4. The van der Waals surface area contributed by atoms with Crippen LogP contribution in [-0.2, 0) is 0 Å². The predicted octanol–water partition coefficient (Wildman–Crippen LogP) is 3.66. The summed E-state index contributed by atoms with van der Waals surface area (Å²) >= 11 is 5.97. The molecule has 0 aromatic heterocycles. The molecule has 1 fully saturated rings. The molecule has 0 unspecified atom stereocenters. The molecular formula is C14H18ClNO2. The zero-order valence-electron chi connectivity index (χ0n) is 10.7. The van der Waals surface area contributed by atoms with Gasteiger partial charge in [0.25, 0.3) is 0 Å². The number of rotatable bonds is 4. The molecule has 98 valence electrons. The Hall–Kier alpha value is -1.22. The highest BCUT2D eigenvalue weighted by Gasteiger charge is 2.40. The molecule has 4 heteroatoms. The van der Waals surface area contributed by atoms with Crippen LogP contribution in [0.4, 0.5) is 5.69 Å². The first-order valence-electron chi connectivity index (χ1n) is 6.29. The lowest BCUT2D eigenvalue weighted by Crippen LogP contribution is -2.56.